The van der Waals surface area contributed by atoms with Crippen molar-refractivity contribution in [3.8, 4) is 0 Å². The first-order valence-electron chi connectivity index (χ1n) is 7.89. The molecule has 1 heterocycles. The molecule has 136 valence electrons. The average Bonchev–Trinajstić information content (AvgIpc) is 2.54. The highest BCUT2D eigenvalue weighted by Crippen LogP contribution is 2.42. The van der Waals surface area contributed by atoms with Crippen LogP contribution in [-0.2, 0) is 15.7 Å². The summed E-state index contributed by atoms with van der Waals surface area (Å²) in [5, 5.41) is 15.9. The first kappa shape index (κ1) is 17.5. The van der Waals surface area contributed by atoms with Crippen LogP contribution < -0.4 is 10.7 Å². The van der Waals surface area contributed by atoms with Gasteiger partial charge in [0.25, 0.3) is 5.91 Å². The predicted molar refractivity (Wildman–Crippen MR) is 83.9 cm³/mol. The molecule has 0 spiro atoms. The van der Waals surface area contributed by atoms with Crippen molar-refractivity contribution < 1.29 is 27.8 Å². The van der Waals surface area contributed by atoms with Crippen molar-refractivity contribution in [2.24, 2.45) is 10.5 Å². The van der Waals surface area contributed by atoms with Crippen LogP contribution in [0.3, 0.4) is 0 Å². The minimum atomic E-state index is -4.57. The number of amides is 1. The van der Waals surface area contributed by atoms with Crippen molar-refractivity contribution in [1.82, 2.24) is 5.43 Å². The Kier molecular flexibility index (Phi) is 4.59. The van der Waals surface area contributed by atoms with Crippen molar-refractivity contribution in [3.63, 3.8) is 0 Å². The number of anilines is 1. The van der Waals surface area contributed by atoms with E-state index in [1.165, 1.54) is 12.1 Å². The molecule has 0 atom stereocenters. The van der Waals surface area contributed by atoms with Gasteiger partial charge in [-0.25, -0.2) is 5.43 Å². The third-order valence-electron chi connectivity index (χ3n) is 4.60. The van der Waals surface area contributed by atoms with E-state index in [0.29, 0.717) is 0 Å². The first-order chi connectivity index (χ1) is 11.8. The number of nitrogens with zero attached hydrogens (tertiary/aromatic N) is 1. The maximum atomic E-state index is 13.4. The molecule has 0 aromatic heterocycles. The summed E-state index contributed by atoms with van der Waals surface area (Å²) in [6, 6.07) is 3.69. The van der Waals surface area contributed by atoms with Crippen LogP contribution in [0.2, 0.25) is 0 Å². The highest BCUT2D eigenvalue weighted by atomic mass is 19.4. The molecule has 1 aromatic carbocycles. The number of halogens is 3. The van der Waals surface area contributed by atoms with E-state index < -0.39 is 17.6 Å². The second-order valence-corrected chi connectivity index (χ2v) is 6.36. The largest absolute Gasteiger partial charge is 0.466 e. The maximum Gasteiger partial charge on any atom is 0.418 e. The topological polar surface area (TPSA) is 83.0 Å². The molecular formula is C16H18F3N3O3. The molecule has 1 aromatic rings. The zero-order chi connectivity index (χ0) is 18.1. The Balaban J connectivity index is 1.84. The van der Waals surface area contributed by atoms with Crippen molar-refractivity contribution in [2.75, 3.05) is 25.1 Å². The molecule has 9 heteroatoms. The summed E-state index contributed by atoms with van der Waals surface area (Å²) in [5.74, 6) is -0.532. The summed E-state index contributed by atoms with van der Waals surface area (Å²) in [6.07, 6.45) is -2.01. The smallest absolute Gasteiger partial charge is 0.418 e. The van der Waals surface area contributed by atoms with Gasteiger partial charge in [0.05, 0.1) is 12.2 Å². The van der Waals surface area contributed by atoms with Crippen LogP contribution >= 0.6 is 0 Å². The summed E-state index contributed by atoms with van der Waals surface area (Å²) in [4.78, 5) is 11.0. The summed E-state index contributed by atoms with van der Waals surface area (Å²) >= 11 is 0. The molecule has 6 nitrogen and oxygen atoms in total. The quantitative estimate of drug-likeness (QED) is 0.754. The molecule has 0 saturated heterocycles. The number of nitrogens with one attached hydrogen (secondary N) is 2. The van der Waals surface area contributed by atoms with Crippen LogP contribution in [0.5, 0.6) is 0 Å². The van der Waals surface area contributed by atoms with E-state index in [0.717, 1.165) is 25.3 Å². The Morgan fingerprint density at radius 3 is 2.64 bits per heavy atom. The zero-order valence-electron chi connectivity index (χ0n) is 13.3. The molecule has 0 bridgehead atoms. The summed E-state index contributed by atoms with van der Waals surface area (Å²) in [5.41, 5.74) is 1.04. The standard InChI is InChI=1S/C16H18F3N3O3/c17-16(18,19)11-6-10(14-22-21-13(24)7-25-14)2-3-12(11)20-8-15(9-23)4-1-5-15/h2-3,6,20,23H,1,4-5,7-9H2,(H,21,24). The lowest BCUT2D eigenvalue weighted by molar-refractivity contribution is -0.137. The molecule has 3 rings (SSSR count). The van der Waals surface area contributed by atoms with Gasteiger partial charge in [0, 0.05) is 23.2 Å². The van der Waals surface area contributed by atoms with E-state index in [1.807, 2.05) is 0 Å². The average molecular weight is 357 g/mol. The van der Waals surface area contributed by atoms with Gasteiger partial charge in [-0.05, 0) is 31.0 Å². The van der Waals surface area contributed by atoms with Crippen LogP contribution in [0.25, 0.3) is 0 Å². The number of ether oxygens (including phenoxy) is 1. The number of hydrogen-bond donors (Lipinski definition) is 3. The number of carbonyl (C=O) groups is 1. The van der Waals surface area contributed by atoms with E-state index in [4.69, 9.17) is 4.74 Å². The molecule has 0 unspecified atom stereocenters. The molecule has 3 N–H and O–H groups in total. The Morgan fingerprint density at radius 1 is 1.36 bits per heavy atom. The van der Waals surface area contributed by atoms with Crippen LogP contribution in [0.4, 0.5) is 18.9 Å². The molecule has 1 saturated carbocycles. The minimum Gasteiger partial charge on any atom is -0.466 e. The Bertz CT molecular complexity index is 694. The zero-order valence-corrected chi connectivity index (χ0v) is 13.3. The normalized spacial score (nSPS) is 19.4. The number of hydrazone groups is 1. The van der Waals surface area contributed by atoms with E-state index in [1.54, 1.807) is 0 Å². The lowest BCUT2D eigenvalue weighted by atomic mass is 9.69. The molecule has 0 radical (unpaired) electrons. The molecule has 1 aliphatic heterocycles. The molecule has 1 aliphatic carbocycles. The van der Waals surface area contributed by atoms with Crippen molar-refractivity contribution >= 4 is 17.5 Å². The lowest BCUT2D eigenvalue weighted by Gasteiger charge is -2.40. The fourth-order valence-electron chi connectivity index (χ4n) is 2.88. The van der Waals surface area contributed by atoms with Gasteiger partial charge in [-0.3, -0.25) is 4.79 Å². The molecule has 1 amide bonds. The molecular weight excluding hydrogens is 339 g/mol. The number of aliphatic hydroxyl groups is 1. The summed E-state index contributed by atoms with van der Waals surface area (Å²) in [7, 11) is 0. The SMILES string of the molecule is O=C1COC(c2ccc(NCC3(CO)CCC3)c(C(F)(F)F)c2)=NN1. The lowest BCUT2D eigenvalue weighted by Crippen LogP contribution is -2.40. The van der Waals surface area contributed by atoms with Gasteiger partial charge < -0.3 is 15.2 Å². The molecule has 25 heavy (non-hydrogen) atoms. The van der Waals surface area contributed by atoms with Crippen molar-refractivity contribution in [2.45, 2.75) is 25.4 Å². The van der Waals surface area contributed by atoms with Crippen LogP contribution in [0.1, 0.15) is 30.4 Å². The van der Waals surface area contributed by atoms with Gasteiger partial charge in [-0.1, -0.05) is 6.42 Å². The van der Waals surface area contributed by atoms with Crippen LogP contribution in [-0.4, -0.2) is 36.7 Å². The van der Waals surface area contributed by atoms with Gasteiger partial charge >= 0.3 is 6.18 Å². The van der Waals surface area contributed by atoms with Crippen molar-refractivity contribution in [3.05, 3.63) is 29.3 Å². The number of carbonyl (C=O) groups excluding carboxylic acids is 1. The minimum absolute atomic E-state index is 0.0518. The van der Waals surface area contributed by atoms with Gasteiger partial charge in [-0.2, -0.15) is 13.2 Å². The number of alkyl halides is 3. The van der Waals surface area contributed by atoms with E-state index in [9.17, 15) is 23.1 Å². The van der Waals surface area contributed by atoms with Crippen molar-refractivity contribution in [1.29, 1.82) is 0 Å². The van der Waals surface area contributed by atoms with Gasteiger partial charge in [0.15, 0.2) is 6.61 Å². The number of benzene rings is 1. The number of hydrogen-bond acceptors (Lipinski definition) is 5. The van der Waals surface area contributed by atoms with Crippen LogP contribution in [0, 0.1) is 5.41 Å². The molecule has 1 fully saturated rings. The maximum absolute atomic E-state index is 13.4. The predicted octanol–water partition coefficient (Wildman–Crippen LogP) is 2.09. The second kappa shape index (κ2) is 6.55. The summed E-state index contributed by atoms with van der Waals surface area (Å²) in [6.45, 7) is -0.0670. The highest BCUT2D eigenvalue weighted by molar-refractivity contribution is 5.98. The van der Waals surface area contributed by atoms with Gasteiger partial charge in [0.2, 0.25) is 5.90 Å². The van der Waals surface area contributed by atoms with E-state index in [2.05, 4.69) is 15.8 Å². The third-order valence-corrected chi connectivity index (χ3v) is 4.60. The second-order valence-electron chi connectivity index (χ2n) is 6.36. The fourth-order valence-corrected chi connectivity index (χ4v) is 2.88. The highest BCUT2D eigenvalue weighted by Gasteiger charge is 2.38. The number of rotatable bonds is 5. The summed E-state index contributed by atoms with van der Waals surface area (Å²) < 4.78 is 45.3. The van der Waals surface area contributed by atoms with Gasteiger partial charge in [0.1, 0.15) is 0 Å². The van der Waals surface area contributed by atoms with E-state index in [-0.39, 0.29) is 42.3 Å². The van der Waals surface area contributed by atoms with Gasteiger partial charge in [-0.15, -0.1) is 5.10 Å². The van der Waals surface area contributed by atoms with Crippen LogP contribution in [0.15, 0.2) is 23.3 Å². The van der Waals surface area contributed by atoms with E-state index >= 15 is 0 Å². The Hall–Kier alpha value is -2.29. The fraction of sp³-hybridized carbons (Fsp3) is 0.500. The number of aliphatic hydroxyl groups excluding tert-OH is 1. The third kappa shape index (κ3) is 3.71. The molecule has 2 aliphatic rings. The Labute approximate surface area is 142 Å². The Morgan fingerprint density at radius 2 is 2.12 bits per heavy atom. The first-order valence-corrected chi connectivity index (χ1v) is 7.89. The monoisotopic (exact) mass is 357 g/mol.